The highest BCUT2D eigenvalue weighted by atomic mass is 32.1. The molecule has 2 heterocycles. The SMILES string of the molecule is Cc1ccccc1C=CC(=O)NC[C@H]1CCCC[C@@H]1CN1CCN(c2nsc3ccccc23)CC1. The Kier molecular flexibility index (Phi) is 7.79. The molecule has 5 rings (SSSR count). The summed E-state index contributed by atoms with van der Waals surface area (Å²) in [5.41, 5.74) is 2.29. The van der Waals surface area contributed by atoms with Gasteiger partial charge in [-0.25, -0.2) is 0 Å². The normalized spacial score (nSPS) is 21.6. The number of aromatic nitrogens is 1. The number of amides is 1. The van der Waals surface area contributed by atoms with Gasteiger partial charge in [0.1, 0.15) is 5.82 Å². The predicted octanol–water partition coefficient (Wildman–Crippen LogP) is 5.36. The van der Waals surface area contributed by atoms with Crippen LogP contribution >= 0.6 is 11.5 Å². The van der Waals surface area contributed by atoms with Gasteiger partial charge in [0.15, 0.2) is 0 Å². The van der Waals surface area contributed by atoms with Gasteiger partial charge < -0.3 is 10.2 Å². The van der Waals surface area contributed by atoms with E-state index in [1.165, 1.54) is 41.3 Å². The number of hydrogen-bond acceptors (Lipinski definition) is 5. The van der Waals surface area contributed by atoms with Gasteiger partial charge in [-0.1, -0.05) is 49.2 Å². The number of anilines is 1. The van der Waals surface area contributed by atoms with Gasteiger partial charge in [0, 0.05) is 50.7 Å². The van der Waals surface area contributed by atoms with Crippen LogP contribution < -0.4 is 10.2 Å². The van der Waals surface area contributed by atoms with Gasteiger partial charge in [-0.15, -0.1) is 0 Å². The molecule has 1 aliphatic heterocycles. The molecule has 1 N–H and O–H groups in total. The van der Waals surface area contributed by atoms with Crippen LogP contribution in [0.1, 0.15) is 36.8 Å². The van der Waals surface area contributed by atoms with Gasteiger partial charge in [0.2, 0.25) is 5.91 Å². The Balaban J connectivity index is 1.11. The Labute approximate surface area is 213 Å². The van der Waals surface area contributed by atoms with Crippen molar-refractivity contribution in [2.24, 2.45) is 11.8 Å². The number of rotatable bonds is 7. The van der Waals surface area contributed by atoms with Crippen molar-refractivity contribution in [2.75, 3.05) is 44.2 Å². The Hall–Kier alpha value is -2.70. The van der Waals surface area contributed by atoms with E-state index in [9.17, 15) is 4.79 Å². The summed E-state index contributed by atoms with van der Waals surface area (Å²) >= 11 is 1.60. The minimum atomic E-state index is 0.0154. The lowest BCUT2D eigenvalue weighted by Crippen LogP contribution is -2.49. The molecular formula is C29H36N4OS. The minimum Gasteiger partial charge on any atom is -0.353 e. The highest BCUT2D eigenvalue weighted by Gasteiger charge is 2.29. The second kappa shape index (κ2) is 11.4. The molecule has 1 amide bonds. The second-order valence-electron chi connectivity index (χ2n) is 10.0. The van der Waals surface area contributed by atoms with Gasteiger partial charge in [-0.2, -0.15) is 4.37 Å². The maximum Gasteiger partial charge on any atom is 0.244 e. The fraction of sp³-hybridized carbons (Fsp3) is 0.448. The van der Waals surface area contributed by atoms with E-state index >= 15 is 0 Å². The van der Waals surface area contributed by atoms with Crippen LogP contribution in [0, 0.1) is 18.8 Å². The highest BCUT2D eigenvalue weighted by Crippen LogP contribution is 2.32. The Morgan fingerprint density at radius 1 is 1.03 bits per heavy atom. The van der Waals surface area contributed by atoms with Gasteiger partial charge in [-0.3, -0.25) is 9.69 Å². The molecular weight excluding hydrogens is 452 g/mol. The zero-order valence-electron chi connectivity index (χ0n) is 20.7. The molecule has 6 heteroatoms. The van der Waals surface area contributed by atoms with Crippen LogP contribution in [0.4, 0.5) is 5.82 Å². The number of carbonyl (C=O) groups excluding carboxylic acids is 1. The third kappa shape index (κ3) is 5.93. The number of piperazine rings is 1. The summed E-state index contributed by atoms with van der Waals surface area (Å²) in [4.78, 5) is 17.6. The van der Waals surface area contributed by atoms with Crippen LogP contribution in [-0.4, -0.2) is 54.4 Å². The van der Waals surface area contributed by atoms with Crippen molar-refractivity contribution in [3.05, 3.63) is 65.7 Å². The van der Waals surface area contributed by atoms with Crippen LogP contribution in [0.15, 0.2) is 54.6 Å². The molecule has 1 aliphatic carbocycles. The number of carbonyl (C=O) groups is 1. The van der Waals surface area contributed by atoms with E-state index in [4.69, 9.17) is 4.37 Å². The van der Waals surface area contributed by atoms with Crippen molar-refractivity contribution in [3.8, 4) is 0 Å². The number of aryl methyl sites for hydroxylation is 1. The molecule has 2 aliphatic rings. The molecule has 184 valence electrons. The first-order chi connectivity index (χ1) is 17.2. The Bertz CT molecular complexity index is 1160. The Morgan fingerprint density at radius 2 is 1.77 bits per heavy atom. The summed E-state index contributed by atoms with van der Waals surface area (Å²) in [7, 11) is 0. The molecule has 2 atom stereocenters. The van der Waals surface area contributed by atoms with Gasteiger partial charge in [0.05, 0.1) is 4.70 Å². The number of fused-ring (bicyclic) bond motifs is 1. The van der Waals surface area contributed by atoms with Crippen LogP contribution in [0.2, 0.25) is 0 Å². The first-order valence-electron chi connectivity index (χ1n) is 13.0. The van der Waals surface area contributed by atoms with Crippen LogP contribution in [0.3, 0.4) is 0 Å². The lowest BCUT2D eigenvalue weighted by atomic mass is 9.78. The standard InChI is InChI=1S/C29H36N4OS/c1-22-8-2-3-9-23(22)14-15-28(34)30-20-24-10-4-5-11-25(24)21-32-16-18-33(19-17-32)29-26-12-6-7-13-27(26)35-31-29/h2-3,6-9,12-15,24-25H,4-5,10-11,16-21H2,1H3,(H,30,34)/t24-,25-/m1/s1. The van der Waals surface area contributed by atoms with E-state index < -0.39 is 0 Å². The first kappa shape index (κ1) is 24.0. The van der Waals surface area contributed by atoms with Crippen molar-refractivity contribution in [2.45, 2.75) is 32.6 Å². The maximum atomic E-state index is 12.5. The van der Waals surface area contributed by atoms with E-state index in [2.05, 4.69) is 52.4 Å². The predicted molar refractivity (Wildman–Crippen MR) is 147 cm³/mol. The lowest BCUT2D eigenvalue weighted by Gasteiger charge is -2.40. The quantitative estimate of drug-likeness (QED) is 0.455. The van der Waals surface area contributed by atoms with Gasteiger partial charge in [-0.05, 0) is 72.5 Å². The monoisotopic (exact) mass is 488 g/mol. The average molecular weight is 489 g/mol. The number of benzene rings is 2. The summed E-state index contributed by atoms with van der Waals surface area (Å²) in [6.07, 6.45) is 8.69. The number of nitrogens with zero attached hydrogens (tertiary/aromatic N) is 3. The largest absolute Gasteiger partial charge is 0.353 e. The molecule has 0 spiro atoms. The summed E-state index contributed by atoms with van der Waals surface area (Å²) in [5.74, 6) is 2.40. The zero-order valence-corrected chi connectivity index (χ0v) is 21.5. The second-order valence-corrected chi connectivity index (χ2v) is 10.8. The number of nitrogens with one attached hydrogen (secondary N) is 1. The van der Waals surface area contributed by atoms with E-state index in [1.54, 1.807) is 17.6 Å². The molecule has 5 nitrogen and oxygen atoms in total. The molecule has 2 fully saturated rings. The molecule has 1 saturated carbocycles. The fourth-order valence-corrected chi connectivity index (χ4v) is 6.39. The van der Waals surface area contributed by atoms with E-state index in [0.29, 0.717) is 11.8 Å². The fourth-order valence-electron chi connectivity index (χ4n) is 5.60. The van der Waals surface area contributed by atoms with E-state index in [0.717, 1.165) is 50.6 Å². The minimum absolute atomic E-state index is 0.0154. The topological polar surface area (TPSA) is 48.5 Å². The third-order valence-corrected chi connectivity index (χ3v) is 8.55. The molecule has 1 aromatic heterocycles. The molecule has 0 radical (unpaired) electrons. The highest BCUT2D eigenvalue weighted by molar-refractivity contribution is 7.13. The molecule has 1 saturated heterocycles. The van der Waals surface area contributed by atoms with Gasteiger partial charge in [0.25, 0.3) is 0 Å². The number of hydrogen-bond donors (Lipinski definition) is 1. The third-order valence-electron chi connectivity index (χ3n) is 7.73. The Morgan fingerprint density at radius 3 is 2.60 bits per heavy atom. The van der Waals surface area contributed by atoms with Crippen LogP contribution in [0.25, 0.3) is 16.2 Å². The van der Waals surface area contributed by atoms with Crippen LogP contribution in [-0.2, 0) is 4.79 Å². The summed E-state index contributed by atoms with van der Waals surface area (Å²) < 4.78 is 6.02. The zero-order chi connectivity index (χ0) is 24.0. The van der Waals surface area contributed by atoms with Crippen molar-refractivity contribution in [3.63, 3.8) is 0 Å². The smallest absolute Gasteiger partial charge is 0.244 e. The average Bonchev–Trinajstić information content (AvgIpc) is 3.32. The lowest BCUT2D eigenvalue weighted by molar-refractivity contribution is -0.116. The van der Waals surface area contributed by atoms with Crippen molar-refractivity contribution >= 4 is 39.4 Å². The van der Waals surface area contributed by atoms with Crippen molar-refractivity contribution in [1.82, 2.24) is 14.6 Å². The van der Waals surface area contributed by atoms with E-state index in [-0.39, 0.29) is 5.91 Å². The summed E-state index contributed by atoms with van der Waals surface area (Å²) in [6.45, 7) is 8.24. The first-order valence-corrected chi connectivity index (χ1v) is 13.8. The maximum absolute atomic E-state index is 12.5. The van der Waals surface area contributed by atoms with Crippen molar-refractivity contribution in [1.29, 1.82) is 0 Å². The van der Waals surface area contributed by atoms with Gasteiger partial charge >= 0.3 is 0 Å². The summed E-state index contributed by atoms with van der Waals surface area (Å²) in [6, 6.07) is 16.7. The molecule has 3 aromatic rings. The van der Waals surface area contributed by atoms with Crippen molar-refractivity contribution < 1.29 is 4.79 Å². The molecule has 0 bridgehead atoms. The molecule has 0 unspecified atom stereocenters. The van der Waals surface area contributed by atoms with E-state index in [1.807, 2.05) is 24.3 Å². The summed E-state index contributed by atoms with van der Waals surface area (Å²) in [5, 5.41) is 4.48. The molecule has 2 aromatic carbocycles. The van der Waals surface area contributed by atoms with Crippen LogP contribution in [0.5, 0.6) is 0 Å². The molecule has 35 heavy (non-hydrogen) atoms.